The van der Waals surface area contributed by atoms with Crippen LogP contribution in [-0.2, 0) is 10.1 Å². The van der Waals surface area contributed by atoms with Crippen molar-refractivity contribution in [1.82, 2.24) is 0 Å². The van der Waals surface area contributed by atoms with Gasteiger partial charge in [0, 0.05) is 0 Å². The minimum atomic E-state index is -4.63. The average Bonchev–Trinajstić information content (AvgIpc) is 2.13. The first-order valence-electron chi connectivity index (χ1n) is 4.71. The van der Waals surface area contributed by atoms with E-state index in [0.29, 0.717) is 10.9 Å². The molecule has 2 aromatic carbocycles. The molecule has 5 nitrogen and oxygen atoms in total. The van der Waals surface area contributed by atoms with Crippen molar-refractivity contribution in [1.29, 1.82) is 0 Å². The normalized spacial score (nSPS) is 11.2. The van der Waals surface area contributed by atoms with E-state index in [0.717, 1.165) is 12.1 Å². The van der Waals surface area contributed by atoms with Crippen molar-refractivity contribution in [3.63, 3.8) is 0 Å². The molecule has 18 heavy (non-hydrogen) atoms. The summed E-state index contributed by atoms with van der Waals surface area (Å²) < 4.78 is 32.6. The van der Waals surface area contributed by atoms with Crippen molar-refractivity contribution < 1.29 is 52.7 Å². The van der Waals surface area contributed by atoms with Crippen LogP contribution in [0.2, 0.25) is 0 Å². The maximum absolute atomic E-state index is 10.9. The molecule has 0 aliphatic heterocycles. The molecule has 0 spiro atoms. The number of phenols is 2. The van der Waals surface area contributed by atoms with Crippen LogP contribution in [0.1, 0.15) is 5.56 Å². The third kappa shape index (κ3) is 2.78. The zero-order chi connectivity index (χ0) is 12.8. The molecule has 0 heterocycles. The summed E-state index contributed by atoms with van der Waals surface area (Å²) in [6.45, 7) is 1.70. The number of hydrogen-bond donors (Lipinski definition) is 2. The van der Waals surface area contributed by atoms with Crippen molar-refractivity contribution in [3.8, 4) is 11.5 Å². The smallest absolute Gasteiger partial charge is 0.744 e. The molecule has 2 N–H and O–H groups in total. The monoisotopic (exact) mass is 276 g/mol. The van der Waals surface area contributed by atoms with Gasteiger partial charge in [0.1, 0.15) is 21.6 Å². The zero-order valence-electron chi connectivity index (χ0n) is 9.84. The molecular weight excluding hydrogens is 267 g/mol. The van der Waals surface area contributed by atoms with Crippen molar-refractivity contribution in [3.05, 3.63) is 29.8 Å². The summed E-state index contributed by atoms with van der Waals surface area (Å²) in [5, 5.41) is 19.7. The Morgan fingerprint density at radius 3 is 2.17 bits per heavy atom. The SMILES string of the molecule is Cc1cc(O)c2c(O)cc(S(=O)(=O)[O-])cc2c1.[Na+]. The molecule has 90 valence electrons. The van der Waals surface area contributed by atoms with Crippen LogP contribution in [0, 0.1) is 6.92 Å². The second-order valence-electron chi connectivity index (χ2n) is 3.78. The van der Waals surface area contributed by atoms with Gasteiger partial charge in [0.25, 0.3) is 0 Å². The number of aryl methyl sites for hydroxylation is 1. The Morgan fingerprint density at radius 2 is 1.61 bits per heavy atom. The van der Waals surface area contributed by atoms with E-state index in [1.807, 2.05) is 0 Å². The third-order valence-electron chi connectivity index (χ3n) is 2.41. The van der Waals surface area contributed by atoms with E-state index in [4.69, 9.17) is 0 Å². The van der Waals surface area contributed by atoms with Crippen LogP contribution in [0.3, 0.4) is 0 Å². The maximum atomic E-state index is 10.9. The molecule has 0 unspecified atom stereocenters. The minimum Gasteiger partial charge on any atom is -0.744 e. The van der Waals surface area contributed by atoms with Crippen LogP contribution in [0.25, 0.3) is 10.8 Å². The second-order valence-corrected chi connectivity index (χ2v) is 5.16. The molecule has 0 aliphatic carbocycles. The van der Waals surface area contributed by atoms with E-state index < -0.39 is 20.8 Å². The Kier molecular flexibility index (Phi) is 4.30. The van der Waals surface area contributed by atoms with Gasteiger partial charge in [-0.15, -0.1) is 0 Å². The molecular formula is C11H9NaO5S. The summed E-state index contributed by atoms with van der Waals surface area (Å²) in [7, 11) is -4.63. The third-order valence-corrected chi connectivity index (χ3v) is 3.23. The van der Waals surface area contributed by atoms with Gasteiger partial charge in [0.2, 0.25) is 0 Å². The van der Waals surface area contributed by atoms with Gasteiger partial charge in [-0.25, -0.2) is 8.42 Å². The number of rotatable bonds is 1. The number of phenolic OH excluding ortho intramolecular Hbond substituents is 2. The van der Waals surface area contributed by atoms with Gasteiger partial charge in [-0.05, 0) is 36.1 Å². The maximum Gasteiger partial charge on any atom is 1.00 e. The van der Waals surface area contributed by atoms with Crippen molar-refractivity contribution in [2.45, 2.75) is 11.8 Å². The van der Waals surface area contributed by atoms with Crippen molar-refractivity contribution in [2.75, 3.05) is 0 Å². The summed E-state index contributed by atoms with van der Waals surface area (Å²) in [5.74, 6) is -0.596. The Morgan fingerprint density at radius 1 is 1.06 bits per heavy atom. The summed E-state index contributed by atoms with van der Waals surface area (Å²) in [6, 6.07) is 4.97. The molecule has 7 heteroatoms. The molecule has 2 aromatic rings. The molecule has 0 aliphatic rings. The topological polar surface area (TPSA) is 97.7 Å². The standard InChI is InChI=1S/C11H10O5S.Na/c1-6-2-7-4-8(17(14,15)16)5-10(13)11(7)9(12)3-6;/h2-5,12-13H,1H3,(H,14,15,16);/q;+1/p-1. The Bertz CT molecular complexity index is 709. The van der Waals surface area contributed by atoms with Gasteiger partial charge >= 0.3 is 29.6 Å². The Hall–Kier alpha value is -0.790. The Labute approximate surface area is 126 Å². The van der Waals surface area contributed by atoms with Gasteiger partial charge in [-0.3, -0.25) is 0 Å². The zero-order valence-corrected chi connectivity index (χ0v) is 12.7. The minimum absolute atomic E-state index is 0. The number of benzene rings is 2. The van der Waals surface area contributed by atoms with Crippen LogP contribution in [-0.4, -0.2) is 23.2 Å². The summed E-state index contributed by atoms with van der Waals surface area (Å²) in [4.78, 5) is -0.521. The van der Waals surface area contributed by atoms with E-state index in [1.54, 1.807) is 13.0 Å². The largest absolute Gasteiger partial charge is 1.00 e. The summed E-state index contributed by atoms with van der Waals surface area (Å²) in [5.41, 5.74) is 0.690. The van der Waals surface area contributed by atoms with Gasteiger partial charge < -0.3 is 14.8 Å². The van der Waals surface area contributed by atoms with Crippen LogP contribution < -0.4 is 29.6 Å². The van der Waals surface area contributed by atoms with Gasteiger partial charge in [-0.2, -0.15) is 0 Å². The first-order chi connectivity index (χ1) is 7.79. The van der Waals surface area contributed by atoms with Crippen LogP contribution in [0.4, 0.5) is 0 Å². The van der Waals surface area contributed by atoms with E-state index >= 15 is 0 Å². The van der Waals surface area contributed by atoms with Crippen LogP contribution in [0.5, 0.6) is 11.5 Å². The quantitative estimate of drug-likeness (QED) is 0.486. The van der Waals surface area contributed by atoms with Crippen LogP contribution in [0.15, 0.2) is 29.2 Å². The molecule has 0 saturated heterocycles. The number of fused-ring (bicyclic) bond motifs is 1. The molecule has 0 amide bonds. The van der Waals surface area contributed by atoms with E-state index in [-0.39, 0.29) is 40.7 Å². The fourth-order valence-electron chi connectivity index (χ4n) is 1.73. The molecule has 0 fully saturated rings. The number of aromatic hydroxyl groups is 2. The van der Waals surface area contributed by atoms with Crippen LogP contribution >= 0.6 is 0 Å². The molecule has 0 bridgehead atoms. The molecule has 0 saturated carbocycles. The predicted molar refractivity (Wildman–Crippen MR) is 60.0 cm³/mol. The molecule has 0 aromatic heterocycles. The molecule has 0 atom stereocenters. The van der Waals surface area contributed by atoms with Gasteiger partial charge in [0.15, 0.2) is 0 Å². The van der Waals surface area contributed by atoms with Gasteiger partial charge in [0.05, 0.1) is 10.3 Å². The first-order valence-corrected chi connectivity index (χ1v) is 6.12. The summed E-state index contributed by atoms with van der Waals surface area (Å²) in [6.07, 6.45) is 0. The predicted octanol–water partition coefficient (Wildman–Crippen LogP) is -1.53. The first kappa shape index (κ1) is 15.3. The van der Waals surface area contributed by atoms with Gasteiger partial charge in [-0.1, -0.05) is 6.07 Å². The fraction of sp³-hybridized carbons (Fsp3) is 0.0909. The average molecular weight is 276 g/mol. The van der Waals surface area contributed by atoms with E-state index in [2.05, 4.69) is 0 Å². The number of hydrogen-bond acceptors (Lipinski definition) is 5. The second kappa shape index (κ2) is 5.07. The van der Waals surface area contributed by atoms with Crippen molar-refractivity contribution in [2.24, 2.45) is 0 Å². The fourth-order valence-corrected chi connectivity index (χ4v) is 2.26. The van der Waals surface area contributed by atoms with Crippen molar-refractivity contribution >= 4 is 20.9 Å². The summed E-state index contributed by atoms with van der Waals surface area (Å²) >= 11 is 0. The van der Waals surface area contributed by atoms with E-state index in [9.17, 15) is 23.2 Å². The molecule has 0 radical (unpaired) electrons. The Balaban J connectivity index is 0.00000162. The van der Waals surface area contributed by atoms with E-state index in [1.165, 1.54) is 6.07 Å². The molecule has 2 rings (SSSR count).